The Morgan fingerprint density at radius 3 is 2.33 bits per heavy atom. The van der Waals surface area contributed by atoms with E-state index in [2.05, 4.69) is 10.3 Å². The van der Waals surface area contributed by atoms with Crippen LogP contribution in [0.4, 0.5) is 18.9 Å². The van der Waals surface area contributed by atoms with Crippen molar-refractivity contribution >= 4 is 22.5 Å². The summed E-state index contributed by atoms with van der Waals surface area (Å²) in [5, 5.41) is 3.26. The van der Waals surface area contributed by atoms with Crippen LogP contribution in [0.5, 0.6) is 0 Å². The second-order valence-corrected chi connectivity index (χ2v) is 5.12. The summed E-state index contributed by atoms with van der Waals surface area (Å²) in [7, 11) is 0. The van der Waals surface area contributed by atoms with Gasteiger partial charge in [0.15, 0.2) is 0 Å². The minimum Gasteiger partial charge on any atom is -0.322 e. The normalized spacial score (nSPS) is 11.5. The number of aromatic amines is 1. The van der Waals surface area contributed by atoms with E-state index < -0.39 is 17.6 Å². The molecular formula is C17H11F3N2O2. The molecule has 2 aromatic carbocycles. The van der Waals surface area contributed by atoms with Gasteiger partial charge >= 0.3 is 6.18 Å². The lowest BCUT2D eigenvalue weighted by atomic mass is 10.1. The topological polar surface area (TPSA) is 62.0 Å². The Morgan fingerprint density at radius 1 is 0.958 bits per heavy atom. The average Bonchev–Trinajstić information content (AvgIpc) is 2.54. The Kier molecular flexibility index (Phi) is 3.84. The molecule has 0 saturated heterocycles. The molecule has 0 saturated carbocycles. The van der Waals surface area contributed by atoms with Crippen molar-refractivity contribution in [2.24, 2.45) is 0 Å². The van der Waals surface area contributed by atoms with Crippen molar-refractivity contribution in [3.63, 3.8) is 0 Å². The number of hydrogen-bond donors (Lipinski definition) is 2. The molecule has 0 spiro atoms. The van der Waals surface area contributed by atoms with E-state index in [9.17, 15) is 22.8 Å². The number of benzene rings is 2. The molecule has 3 rings (SSSR count). The molecule has 1 heterocycles. The molecule has 0 atom stereocenters. The summed E-state index contributed by atoms with van der Waals surface area (Å²) in [5.41, 5.74) is 0.0151. The monoisotopic (exact) mass is 332 g/mol. The first-order chi connectivity index (χ1) is 11.3. The molecule has 7 heteroatoms. The molecule has 0 radical (unpaired) electrons. The fourth-order valence-electron chi connectivity index (χ4n) is 2.30. The van der Waals surface area contributed by atoms with Crippen LogP contribution in [0.1, 0.15) is 15.9 Å². The van der Waals surface area contributed by atoms with Crippen LogP contribution in [0, 0.1) is 0 Å². The van der Waals surface area contributed by atoms with Crippen molar-refractivity contribution in [1.29, 1.82) is 0 Å². The van der Waals surface area contributed by atoms with Crippen molar-refractivity contribution in [2.45, 2.75) is 6.18 Å². The molecule has 3 aromatic rings. The van der Waals surface area contributed by atoms with Crippen LogP contribution in [0.3, 0.4) is 0 Å². The second kappa shape index (κ2) is 5.84. The van der Waals surface area contributed by atoms with Gasteiger partial charge in [-0.15, -0.1) is 0 Å². The maximum atomic E-state index is 12.5. The summed E-state index contributed by atoms with van der Waals surface area (Å²) in [5.74, 6) is -0.539. The van der Waals surface area contributed by atoms with Gasteiger partial charge in [-0.25, -0.2) is 0 Å². The predicted octanol–water partition coefficient (Wildman–Crippen LogP) is 3.80. The number of pyridine rings is 1. The second-order valence-electron chi connectivity index (χ2n) is 5.12. The van der Waals surface area contributed by atoms with Crippen LogP contribution in [0.25, 0.3) is 10.9 Å². The van der Waals surface area contributed by atoms with E-state index in [0.717, 1.165) is 24.3 Å². The fourth-order valence-corrected chi connectivity index (χ4v) is 2.30. The number of carbonyl (C=O) groups excluding carboxylic acids is 1. The molecule has 2 N–H and O–H groups in total. The molecule has 0 bridgehead atoms. The third-order valence-electron chi connectivity index (χ3n) is 3.49. The van der Waals surface area contributed by atoms with Crippen LogP contribution in [-0.2, 0) is 6.18 Å². The molecule has 0 aliphatic carbocycles. The van der Waals surface area contributed by atoms with Crippen LogP contribution in [0.15, 0.2) is 59.4 Å². The Bertz CT molecular complexity index is 960. The van der Waals surface area contributed by atoms with E-state index in [1.807, 2.05) is 0 Å². The van der Waals surface area contributed by atoms with E-state index in [1.165, 1.54) is 6.07 Å². The maximum absolute atomic E-state index is 12.5. The Morgan fingerprint density at radius 2 is 1.67 bits per heavy atom. The smallest absolute Gasteiger partial charge is 0.322 e. The minimum absolute atomic E-state index is 0.101. The number of anilines is 1. The van der Waals surface area contributed by atoms with E-state index in [0.29, 0.717) is 16.6 Å². The van der Waals surface area contributed by atoms with Crippen molar-refractivity contribution in [2.75, 3.05) is 5.32 Å². The van der Waals surface area contributed by atoms with Crippen LogP contribution in [-0.4, -0.2) is 10.9 Å². The third-order valence-corrected chi connectivity index (χ3v) is 3.49. The molecule has 0 aliphatic rings. The van der Waals surface area contributed by atoms with Gasteiger partial charge in [-0.3, -0.25) is 9.59 Å². The van der Waals surface area contributed by atoms with Crippen molar-refractivity contribution in [1.82, 2.24) is 4.98 Å². The highest BCUT2D eigenvalue weighted by molar-refractivity contribution is 6.08. The van der Waals surface area contributed by atoms with Gasteiger partial charge in [-0.1, -0.05) is 6.07 Å². The largest absolute Gasteiger partial charge is 0.416 e. The van der Waals surface area contributed by atoms with E-state index >= 15 is 0 Å². The van der Waals surface area contributed by atoms with Gasteiger partial charge in [-0.05, 0) is 42.5 Å². The minimum atomic E-state index is -4.45. The molecule has 1 amide bonds. The van der Waals surface area contributed by atoms with Gasteiger partial charge in [-0.2, -0.15) is 13.2 Å². The van der Waals surface area contributed by atoms with E-state index in [4.69, 9.17) is 0 Å². The third kappa shape index (κ3) is 3.15. The van der Waals surface area contributed by atoms with Gasteiger partial charge in [0.1, 0.15) is 0 Å². The Hall–Kier alpha value is -3.09. The zero-order valence-corrected chi connectivity index (χ0v) is 12.1. The lowest BCUT2D eigenvalue weighted by molar-refractivity contribution is -0.137. The SMILES string of the molecule is O=C(Nc1cccc2[nH]c(=O)ccc12)c1ccc(C(F)(F)F)cc1. The highest BCUT2D eigenvalue weighted by atomic mass is 19.4. The van der Waals surface area contributed by atoms with E-state index in [-0.39, 0.29) is 11.1 Å². The number of fused-ring (bicyclic) bond motifs is 1. The van der Waals surface area contributed by atoms with Crippen LogP contribution < -0.4 is 10.9 Å². The van der Waals surface area contributed by atoms with Crippen molar-refractivity contribution in [3.8, 4) is 0 Å². The standard InChI is InChI=1S/C17H11F3N2O2/c18-17(19,20)11-6-4-10(5-7-11)16(24)22-14-3-1-2-13-12(14)8-9-15(23)21-13/h1-9H,(H,21,23)(H,22,24). The Labute approximate surface area is 133 Å². The number of amides is 1. The predicted molar refractivity (Wildman–Crippen MR) is 84.0 cm³/mol. The summed E-state index contributed by atoms with van der Waals surface area (Å²) in [4.78, 5) is 26.2. The number of H-pyrrole nitrogens is 1. The highest BCUT2D eigenvalue weighted by Crippen LogP contribution is 2.29. The quantitative estimate of drug-likeness (QED) is 0.750. The van der Waals surface area contributed by atoms with Gasteiger partial charge in [0.25, 0.3) is 5.91 Å². The van der Waals surface area contributed by atoms with Crippen molar-refractivity contribution < 1.29 is 18.0 Å². The maximum Gasteiger partial charge on any atom is 0.416 e. The summed E-state index contributed by atoms with van der Waals surface area (Å²) in [6.45, 7) is 0. The van der Waals surface area contributed by atoms with Gasteiger partial charge in [0.05, 0.1) is 16.8 Å². The zero-order valence-electron chi connectivity index (χ0n) is 12.1. The number of carbonyl (C=O) groups is 1. The van der Waals surface area contributed by atoms with E-state index in [1.54, 1.807) is 24.3 Å². The van der Waals surface area contributed by atoms with Crippen LogP contribution in [0.2, 0.25) is 0 Å². The lowest BCUT2D eigenvalue weighted by Crippen LogP contribution is -2.13. The van der Waals surface area contributed by atoms with Gasteiger partial charge in [0.2, 0.25) is 5.56 Å². The number of hydrogen-bond acceptors (Lipinski definition) is 2. The molecule has 24 heavy (non-hydrogen) atoms. The number of alkyl halides is 3. The number of halogens is 3. The first-order valence-corrected chi connectivity index (χ1v) is 6.95. The number of aromatic nitrogens is 1. The average molecular weight is 332 g/mol. The summed E-state index contributed by atoms with van der Waals surface area (Å²) < 4.78 is 37.6. The lowest BCUT2D eigenvalue weighted by Gasteiger charge is -2.10. The Balaban J connectivity index is 1.89. The van der Waals surface area contributed by atoms with Crippen molar-refractivity contribution in [3.05, 3.63) is 76.1 Å². The van der Waals surface area contributed by atoms with Gasteiger partial charge < -0.3 is 10.3 Å². The molecule has 1 aromatic heterocycles. The molecule has 122 valence electrons. The van der Waals surface area contributed by atoms with Gasteiger partial charge in [0, 0.05) is 17.0 Å². The summed E-state index contributed by atoms with van der Waals surface area (Å²) in [6, 6.07) is 11.8. The first-order valence-electron chi connectivity index (χ1n) is 6.95. The first kappa shape index (κ1) is 15.8. The fraction of sp³-hybridized carbons (Fsp3) is 0.0588. The highest BCUT2D eigenvalue weighted by Gasteiger charge is 2.30. The summed E-state index contributed by atoms with van der Waals surface area (Å²) >= 11 is 0. The molecule has 0 fully saturated rings. The zero-order chi connectivity index (χ0) is 17.3. The molecule has 0 aliphatic heterocycles. The van der Waals surface area contributed by atoms with Crippen LogP contribution >= 0.6 is 0 Å². The number of rotatable bonds is 2. The molecule has 4 nitrogen and oxygen atoms in total. The number of nitrogens with one attached hydrogen (secondary N) is 2. The molecular weight excluding hydrogens is 321 g/mol. The molecule has 0 unspecified atom stereocenters. The summed E-state index contributed by atoms with van der Waals surface area (Å²) in [6.07, 6.45) is -4.45.